The van der Waals surface area contributed by atoms with Crippen molar-refractivity contribution in [1.29, 1.82) is 5.26 Å². The smallest absolute Gasteiger partial charge is 0.357 e. The molecule has 0 bridgehead atoms. The van der Waals surface area contributed by atoms with Gasteiger partial charge in [-0.25, -0.2) is 4.79 Å². The maximum Gasteiger partial charge on any atom is 0.357 e. The molecule has 2 aromatic carbocycles. The van der Waals surface area contributed by atoms with Gasteiger partial charge in [-0.2, -0.15) is 5.26 Å². The number of amides is 1. The van der Waals surface area contributed by atoms with Gasteiger partial charge < -0.3 is 20.4 Å². The second-order valence-corrected chi connectivity index (χ2v) is 6.57. The molecular formula is C22H20N4O3. The molecule has 1 aromatic heterocycles. The van der Waals surface area contributed by atoms with Gasteiger partial charge in [0.15, 0.2) is 5.69 Å². The lowest BCUT2D eigenvalue weighted by Crippen LogP contribution is -2.18. The van der Waals surface area contributed by atoms with Crippen LogP contribution in [0.4, 0.5) is 11.4 Å². The average Bonchev–Trinajstić information content (AvgIpc) is 3.05. The first-order valence-electron chi connectivity index (χ1n) is 8.84. The number of aryl methyl sites for hydroxylation is 2. The number of carbonyl (C=O) groups is 2. The van der Waals surface area contributed by atoms with Crippen molar-refractivity contribution < 1.29 is 14.3 Å². The molecule has 3 N–H and O–H groups in total. The van der Waals surface area contributed by atoms with Gasteiger partial charge in [-0.3, -0.25) is 4.79 Å². The van der Waals surface area contributed by atoms with Crippen molar-refractivity contribution in [3.63, 3.8) is 0 Å². The monoisotopic (exact) mass is 388 g/mol. The summed E-state index contributed by atoms with van der Waals surface area (Å²) in [6.07, 6.45) is 1.42. The highest BCUT2D eigenvalue weighted by atomic mass is 16.5. The molecule has 0 saturated heterocycles. The summed E-state index contributed by atoms with van der Waals surface area (Å²) in [4.78, 5) is 25.3. The maximum absolute atomic E-state index is 13.0. The molecule has 7 heteroatoms. The molecule has 0 aliphatic carbocycles. The lowest BCUT2D eigenvalue weighted by atomic mass is 10.1. The fraction of sp³-hybridized carbons (Fsp3) is 0.136. The van der Waals surface area contributed by atoms with Crippen LogP contribution in [0.3, 0.4) is 0 Å². The number of hydrogen-bond acceptors (Lipinski definition) is 5. The summed E-state index contributed by atoms with van der Waals surface area (Å²) in [5.74, 6) is -1.05. The first-order valence-corrected chi connectivity index (χ1v) is 8.84. The largest absolute Gasteiger partial charge is 0.464 e. The zero-order valence-corrected chi connectivity index (χ0v) is 16.3. The third-order valence-electron chi connectivity index (χ3n) is 4.58. The Bertz CT molecular complexity index is 1160. The van der Waals surface area contributed by atoms with Gasteiger partial charge in [0.1, 0.15) is 6.07 Å². The Morgan fingerprint density at radius 1 is 1.17 bits per heavy atom. The Hall–Kier alpha value is -4.05. The molecular weight excluding hydrogens is 368 g/mol. The molecule has 1 heterocycles. The normalized spacial score (nSPS) is 10.3. The van der Waals surface area contributed by atoms with Crippen LogP contribution < -0.4 is 11.1 Å². The summed E-state index contributed by atoms with van der Waals surface area (Å²) in [7, 11) is 1.23. The summed E-state index contributed by atoms with van der Waals surface area (Å²) in [6, 6.07) is 14.4. The fourth-order valence-electron chi connectivity index (χ4n) is 3.12. The number of nitrogens with zero attached hydrogens (tertiary/aromatic N) is 2. The lowest BCUT2D eigenvalue weighted by molar-refractivity contribution is 0.0592. The van der Waals surface area contributed by atoms with E-state index >= 15 is 0 Å². The molecule has 0 saturated carbocycles. The van der Waals surface area contributed by atoms with Crippen molar-refractivity contribution in [2.45, 2.75) is 13.8 Å². The zero-order chi connectivity index (χ0) is 21.1. The Morgan fingerprint density at radius 2 is 1.90 bits per heavy atom. The maximum atomic E-state index is 13.0. The lowest BCUT2D eigenvalue weighted by Gasteiger charge is -2.14. The van der Waals surface area contributed by atoms with E-state index in [0.29, 0.717) is 16.9 Å². The number of aromatic nitrogens is 1. The molecule has 1 amide bonds. The third-order valence-corrected chi connectivity index (χ3v) is 4.58. The number of nitrogens with one attached hydrogen (secondary N) is 1. The number of esters is 1. The topological polar surface area (TPSA) is 110 Å². The van der Waals surface area contributed by atoms with E-state index in [9.17, 15) is 14.9 Å². The van der Waals surface area contributed by atoms with Crippen molar-refractivity contribution in [3.05, 3.63) is 76.6 Å². The molecule has 0 radical (unpaired) electrons. The Balaban J connectivity index is 2.10. The molecule has 146 valence electrons. The van der Waals surface area contributed by atoms with Crippen molar-refractivity contribution >= 4 is 23.3 Å². The minimum absolute atomic E-state index is 0.00365. The number of ether oxygens (including phenoxy) is 1. The highest BCUT2D eigenvalue weighted by Gasteiger charge is 2.24. The number of para-hydroxylation sites is 1. The third kappa shape index (κ3) is 3.69. The van der Waals surface area contributed by atoms with E-state index in [4.69, 9.17) is 10.5 Å². The number of methoxy groups -OCH3 is 1. The first-order chi connectivity index (χ1) is 13.9. The molecule has 7 nitrogen and oxygen atoms in total. The average molecular weight is 388 g/mol. The van der Waals surface area contributed by atoms with Gasteiger partial charge in [-0.1, -0.05) is 29.8 Å². The molecule has 0 unspecified atom stereocenters. The van der Waals surface area contributed by atoms with E-state index in [2.05, 4.69) is 5.32 Å². The number of anilines is 2. The molecule has 0 aliphatic rings. The van der Waals surface area contributed by atoms with E-state index in [1.807, 2.05) is 38.1 Å². The van der Waals surface area contributed by atoms with Crippen LogP contribution in [0.5, 0.6) is 0 Å². The van der Waals surface area contributed by atoms with Gasteiger partial charge in [0.25, 0.3) is 5.91 Å². The summed E-state index contributed by atoms with van der Waals surface area (Å²) >= 11 is 0. The van der Waals surface area contributed by atoms with E-state index in [0.717, 1.165) is 11.1 Å². The van der Waals surface area contributed by atoms with Crippen molar-refractivity contribution in [3.8, 4) is 11.8 Å². The van der Waals surface area contributed by atoms with Crippen LogP contribution in [-0.4, -0.2) is 23.6 Å². The number of nitrogen functional groups attached to an aromatic ring is 1. The summed E-state index contributed by atoms with van der Waals surface area (Å²) in [5.41, 5.74) is 9.53. The van der Waals surface area contributed by atoms with E-state index < -0.39 is 5.97 Å². The number of nitriles is 1. The summed E-state index contributed by atoms with van der Waals surface area (Å²) in [5, 5.41) is 12.2. The minimum Gasteiger partial charge on any atom is -0.464 e. The summed E-state index contributed by atoms with van der Waals surface area (Å²) in [6.45, 7) is 3.89. The number of hydrogen-bond donors (Lipinski definition) is 2. The number of benzene rings is 2. The summed E-state index contributed by atoms with van der Waals surface area (Å²) < 4.78 is 6.22. The van der Waals surface area contributed by atoms with Crippen LogP contribution >= 0.6 is 0 Å². The van der Waals surface area contributed by atoms with Gasteiger partial charge in [0.05, 0.1) is 29.6 Å². The minimum atomic E-state index is -0.700. The number of nitrogens with two attached hydrogens (primary N) is 1. The predicted molar refractivity (Wildman–Crippen MR) is 110 cm³/mol. The molecule has 3 rings (SSSR count). The van der Waals surface area contributed by atoms with E-state index in [-0.39, 0.29) is 22.9 Å². The van der Waals surface area contributed by atoms with Crippen LogP contribution in [0.25, 0.3) is 5.69 Å². The van der Waals surface area contributed by atoms with E-state index in [1.54, 1.807) is 24.3 Å². The highest BCUT2D eigenvalue weighted by Crippen LogP contribution is 2.27. The molecule has 3 aromatic rings. The first kappa shape index (κ1) is 19.7. The Morgan fingerprint density at radius 3 is 2.55 bits per heavy atom. The molecule has 29 heavy (non-hydrogen) atoms. The van der Waals surface area contributed by atoms with Gasteiger partial charge in [0, 0.05) is 11.9 Å². The van der Waals surface area contributed by atoms with Crippen molar-refractivity contribution in [2.24, 2.45) is 0 Å². The molecule has 0 spiro atoms. The quantitative estimate of drug-likeness (QED) is 0.664. The molecule has 0 fully saturated rings. The Kier molecular flexibility index (Phi) is 5.37. The molecule has 0 atom stereocenters. The van der Waals surface area contributed by atoms with Crippen LogP contribution in [-0.2, 0) is 4.74 Å². The second-order valence-electron chi connectivity index (χ2n) is 6.57. The Labute approximate surface area is 168 Å². The van der Waals surface area contributed by atoms with Gasteiger partial charge in [-0.15, -0.1) is 0 Å². The van der Waals surface area contributed by atoms with Gasteiger partial charge in [0.2, 0.25) is 0 Å². The molecule has 0 aliphatic heterocycles. The predicted octanol–water partition coefficient (Wildman–Crippen LogP) is 3.59. The fourth-order valence-corrected chi connectivity index (χ4v) is 3.12. The number of carbonyl (C=O) groups excluding carboxylic acids is 2. The van der Waals surface area contributed by atoms with Crippen LogP contribution in [0.1, 0.15) is 37.5 Å². The second kappa shape index (κ2) is 7.90. The van der Waals surface area contributed by atoms with Crippen LogP contribution in [0, 0.1) is 25.2 Å². The zero-order valence-electron chi connectivity index (χ0n) is 16.3. The number of rotatable bonds is 4. The van der Waals surface area contributed by atoms with Crippen molar-refractivity contribution in [2.75, 3.05) is 18.2 Å². The van der Waals surface area contributed by atoms with Crippen molar-refractivity contribution in [1.82, 2.24) is 4.57 Å². The van der Waals surface area contributed by atoms with E-state index in [1.165, 1.54) is 17.9 Å². The van der Waals surface area contributed by atoms with Crippen LogP contribution in [0.2, 0.25) is 0 Å². The highest BCUT2D eigenvalue weighted by molar-refractivity contribution is 6.07. The SMILES string of the molecule is COC(=O)c1c(N)c(C#N)cn1-c1ccccc1C(=O)Nc1ccc(C)cc1C. The standard InChI is InChI=1S/C22H20N4O3/c1-13-8-9-17(14(2)10-13)25-21(27)16-6-4-5-7-18(16)26-12-15(11-23)19(24)20(26)22(28)29-3/h4-10,12H,24H2,1-3H3,(H,25,27). The van der Waals surface area contributed by atoms with Gasteiger partial charge >= 0.3 is 5.97 Å². The van der Waals surface area contributed by atoms with Gasteiger partial charge in [-0.05, 0) is 37.6 Å². The van der Waals surface area contributed by atoms with Crippen LogP contribution in [0.15, 0.2) is 48.7 Å².